The van der Waals surface area contributed by atoms with Crippen molar-refractivity contribution in [3.8, 4) is 0 Å². The fourth-order valence-corrected chi connectivity index (χ4v) is 1.63. The van der Waals surface area contributed by atoms with Gasteiger partial charge < -0.3 is 20.7 Å². The number of urea groups is 1. The van der Waals surface area contributed by atoms with Gasteiger partial charge in [0.1, 0.15) is 6.04 Å². The molecule has 1 atom stereocenters. The van der Waals surface area contributed by atoms with Gasteiger partial charge in [-0.15, -0.1) is 0 Å². The monoisotopic (exact) mass is 278 g/mol. The summed E-state index contributed by atoms with van der Waals surface area (Å²) in [6.07, 6.45) is 6.14. The smallest absolute Gasteiger partial charge is 0.326 e. The second-order valence-electron chi connectivity index (χ2n) is 4.17. The summed E-state index contributed by atoms with van der Waals surface area (Å²) in [4.78, 5) is 29.4. The van der Waals surface area contributed by atoms with Crippen molar-refractivity contribution in [2.24, 2.45) is 7.05 Å². The number of aromatic nitrogens is 4. The molecule has 0 aliphatic carbocycles. The Kier molecular flexibility index (Phi) is 3.99. The average molecular weight is 278 g/mol. The first-order valence-corrected chi connectivity index (χ1v) is 5.81. The minimum atomic E-state index is -1.12. The molecule has 2 rings (SSSR count). The third kappa shape index (κ3) is 3.57. The zero-order valence-corrected chi connectivity index (χ0v) is 10.7. The third-order valence-electron chi connectivity index (χ3n) is 2.55. The summed E-state index contributed by atoms with van der Waals surface area (Å²) in [7, 11) is 1.71. The van der Waals surface area contributed by atoms with Crippen molar-refractivity contribution in [3.05, 3.63) is 30.6 Å². The fourth-order valence-electron chi connectivity index (χ4n) is 1.63. The van der Waals surface area contributed by atoms with E-state index in [0.717, 1.165) is 0 Å². The first-order valence-electron chi connectivity index (χ1n) is 5.81. The number of carbonyl (C=O) groups excluding carboxylic acids is 1. The molecule has 2 aromatic rings. The lowest BCUT2D eigenvalue weighted by Crippen LogP contribution is -2.44. The van der Waals surface area contributed by atoms with Gasteiger partial charge in [0.15, 0.2) is 0 Å². The molecule has 0 spiro atoms. The Morgan fingerprint density at radius 3 is 2.85 bits per heavy atom. The summed E-state index contributed by atoms with van der Waals surface area (Å²) in [5.74, 6) is -1.12. The number of carboxylic acid groups (broad SMARTS) is 1. The zero-order valence-electron chi connectivity index (χ0n) is 10.7. The Morgan fingerprint density at radius 1 is 1.50 bits per heavy atom. The molecule has 4 N–H and O–H groups in total. The number of carboxylic acids is 1. The zero-order chi connectivity index (χ0) is 14.5. The maximum absolute atomic E-state index is 11.7. The Balaban J connectivity index is 1.94. The number of aromatic amines is 1. The van der Waals surface area contributed by atoms with E-state index < -0.39 is 18.0 Å². The molecular weight excluding hydrogens is 264 g/mol. The standard InChI is InChI=1S/C11H14N6O3/c1-17-5-8(4-14-17)15-11(20)16-9(10(18)19)2-7-3-12-6-13-7/h3-6,9H,2H2,1H3,(H,12,13)(H,18,19)(H2,15,16,20)/t9-/m0/s1. The molecule has 0 aliphatic heterocycles. The van der Waals surface area contributed by atoms with Crippen LogP contribution in [0.4, 0.5) is 10.5 Å². The minimum absolute atomic E-state index is 0.121. The maximum atomic E-state index is 11.7. The number of hydrogen-bond acceptors (Lipinski definition) is 4. The SMILES string of the molecule is Cn1cc(NC(=O)N[C@@H](Cc2cnc[nH]2)C(=O)O)cn1. The van der Waals surface area contributed by atoms with Crippen molar-refractivity contribution >= 4 is 17.7 Å². The van der Waals surface area contributed by atoms with Gasteiger partial charge in [-0.2, -0.15) is 5.10 Å². The van der Waals surface area contributed by atoms with Crippen molar-refractivity contribution < 1.29 is 14.7 Å². The van der Waals surface area contributed by atoms with Crippen LogP contribution in [0.15, 0.2) is 24.9 Å². The second-order valence-corrected chi connectivity index (χ2v) is 4.17. The van der Waals surface area contributed by atoms with E-state index in [0.29, 0.717) is 11.4 Å². The van der Waals surface area contributed by atoms with E-state index in [-0.39, 0.29) is 6.42 Å². The normalized spacial score (nSPS) is 11.8. The molecule has 2 aromatic heterocycles. The molecule has 0 fully saturated rings. The molecule has 106 valence electrons. The maximum Gasteiger partial charge on any atom is 0.326 e. The summed E-state index contributed by atoms with van der Waals surface area (Å²) < 4.78 is 1.52. The number of amides is 2. The quantitative estimate of drug-likeness (QED) is 0.610. The second kappa shape index (κ2) is 5.87. The predicted octanol–water partition coefficient (Wildman–Crippen LogP) is -0.0394. The molecule has 2 heterocycles. The molecule has 2 amide bonds. The highest BCUT2D eigenvalue weighted by Gasteiger charge is 2.21. The highest BCUT2D eigenvalue weighted by Crippen LogP contribution is 2.04. The summed E-state index contributed by atoms with van der Waals surface area (Å²) >= 11 is 0. The Labute approximate surface area is 114 Å². The van der Waals surface area contributed by atoms with Gasteiger partial charge in [-0.25, -0.2) is 14.6 Å². The van der Waals surface area contributed by atoms with Crippen LogP contribution in [-0.2, 0) is 18.3 Å². The number of nitrogens with one attached hydrogen (secondary N) is 3. The van der Waals surface area contributed by atoms with Crippen LogP contribution in [0, 0.1) is 0 Å². The first-order chi connectivity index (χ1) is 9.54. The molecule has 0 radical (unpaired) electrons. The van der Waals surface area contributed by atoms with E-state index >= 15 is 0 Å². The fraction of sp³-hybridized carbons (Fsp3) is 0.273. The van der Waals surface area contributed by atoms with Crippen LogP contribution in [-0.4, -0.2) is 42.9 Å². The molecule has 20 heavy (non-hydrogen) atoms. The third-order valence-corrected chi connectivity index (χ3v) is 2.55. The summed E-state index contributed by atoms with van der Waals surface area (Å²) in [5.41, 5.74) is 1.11. The highest BCUT2D eigenvalue weighted by molar-refractivity contribution is 5.92. The lowest BCUT2D eigenvalue weighted by Gasteiger charge is -2.13. The highest BCUT2D eigenvalue weighted by atomic mass is 16.4. The van der Waals surface area contributed by atoms with Crippen LogP contribution < -0.4 is 10.6 Å². The van der Waals surface area contributed by atoms with Crippen LogP contribution in [0.3, 0.4) is 0 Å². The number of nitrogens with zero attached hydrogens (tertiary/aromatic N) is 3. The van der Waals surface area contributed by atoms with Crippen molar-refractivity contribution in [1.82, 2.24) is 25.1 Å². The van der Waals surface area contributed by atoms with Gasteiger partial charge in [-0.05, 0) is 0 Å². The van der Waals surface area contributed by atoms with Crippen molar-refractivity contribution in [2.45, 2.75) is 12.5 Å². The lowest BCUT2D eigenvalue weighted by molar-refractivity contribution is -0.139. The van der Waals surface area contributed by atoms with Gasteiger partial charge in [0.2, 0.25) is 0 Å². The Hall–Kier alpha value is -2.84. The van der Waals surface area contributed by atoms with Crippen LogP contribution >= 0.6 is 0 Å². The Morgan fingerprint density at radius 2 is 2.30 bits per heavy atom. The number of carbonyl (C=O) groups is 2. The van der Waals surface area contributed by atoms with E-state index in [2.05, 4.69) is 25.7 Å². The summed E-state index contributed by atoms with van der Waals surface area (Å²) in [6, 6.07) is -1.66. The van der Waals surface area contributed by atoms with E-state index in [1.165, 1.54) is 23.4 Å². The van der Waals surface area contributed by atoms with Crippen molar-refractivity contribution in [1.29, 1.82) is 0 Å². The minimum Gasteiger partial charge on any atom is -0.480 e. The average Bonchev–Trinajstić information content (AvgIpc) is 3.00. The van der Waals surface area contributed by atoms with E-state index in [9.17, 15) is 9.59 Å². The summed E-state index contributed by atoms with van der Waals surface area (Å²) in [5, 5.41) is 17.9. The number of hydrogen-bond donors (Lipinski definition) is 4. The van der Waals surface area contributed by atoms with Gasteiger partial charge >= 0.3 is 12.0 Å². The molecular formula is C11H14N6O3. The first kappa shape index (κ1) is 13.6. The molecule has 9 heteroatoms. The number of aryl methyl sites for hydroxylation is 1. The van der Waals surface area contributed by atoms with Crippen LogP contribution in [0.2, 0.25) is 0 Å². The van der Waals surface area contributed by atoms with Crippen LogP contribution in [0.1, 0.15) is 5.69 Å². The molecule has 0 aliphatic rings. The number of imidazole rings is 1. The van der Waals surface area contributed by atoms with Gasteiger partial charge in [0, 0.05) is 31.6 Å². The van der Waals surface area contributed by atoms with Crippen molar-refractivity contribution in [2.75, 3.05) is 5.32 Å². The molecule has 0 unspecified atom stereocenters. The van der Waals surface area contributed by atoms with E-state index in [1.54, 1.807) is 13.2 Å². The van der Waals surface area contributed by atoms with Crippen LogP contribution in [0.5, 0.6) is 0 Å². The van der Waals surface area contributed by atoms with Crippen LogP contribution in [0.25, 0.3) is 0 Å². The molecule has 0 bridgehead atoms. The summed E-state index contributed by atoms with van der Waals surface area (Å²) in [6.45, 7) is 0. The number of anilines is 1. The van der Waals surface area contributed by atoms with Gasteiger partial charge in [-0.1, -0.05) is 0 Å². The van der Waals surface area contributed by atoms with Gasteiger partial charge in [0.25, 0.3) is 0 Å². The molecule has 9 nitrogen and oxygen atoms in total. The van der Waals surface area contributed by atoms with Gasteiger partial charge in [-0.3, -0.25) is 4.68 Å². The molecule has 0 saturated heterocycles. The predicted molar refractivity (Wildman–Crippen MR) is 69.1 cm³/mol. The largest absolute Gasteiger partial charge is 0.480 e. The number of rotatable bonds is 5. The van der Waals surface area contributed by atoms with E-state index in [4.69, 9.17) is 5.11 Å². The van der Waals surface area contributed by atoms with Gasteiger partial charge in [0.05, 0.1) is 18.2 Å². The van der Waals surface area contributed by atoms with Crippen molar-refractivity contribution in [3.63, 3.8) is 0 Å². The topological polar surface area (TPSA) is 125 Å². The van der Waals surface area contributed by atoms with E-state index in [1.807, 2.05) is 0 Å². The molecule has 0 saturated carbocycles. The number of aliphatic carboxylic acids is 1. The Bertz CT molecular complexity index is 591. The molecule has 0 aromatic carbocycles. The lowest BCUT2D eigenvalue weighted by atomic mass is 10.2. The number of H-pyrrole nitrogens is 1.